The van der Waals surface area contributed by atoms with Crippen molar-refractivity contribution in [3.05, 3.63) is 53.6 Å². The predicted molar refractivity (Wildman–Crippen MR) is 133 cm³/mol. The van der Waals surface area contributed by atoms with Gasteiger partial charge in [-0.05, 0) is 67.0 Å². The third-order valence-corrected chi connectivity index (χ3v) is 5.89. The molecule has 32 heavy (non-hydrogen) atoms. The average Bonchev–Trinajstić information content (AvgIpc) is 2.78. The van der Waals surface area contributed by atoms with Crippen LogP contribution in [0.4, 0.5) is 21.9 Å². The number of hydrogen-bond acceptors (Lipinski definition) is 3. The number of carbonyl (C=O) groups is 2. The summed E-state index contributed by atoms with van der Waals surface area (Å²) in [5.74, 6) is 0.969. The fourth-order valence-corrected chi connectivity index (χ4v) is 3.88. The summed E-state index contributed by atoms with van der Waals surface area (Å²) in [6.45, 7) is 11.0. The molecule has 2 aromatic rings. The van der Waals surface area contributed by atoms with Crippen LogP contribution >= 0.6 is 0 Å². The third-order valence-electron chi connectivity index (χ3n) is 5.89. The number of rotatable bonds is 7. The number of piperidine rings is 1. The van der Waals surface area contributed by atoms with Crippen molar-refractivity contribution in [3.8, 4) is 0 Å². The van der Waals surface area contributed by atoms with Crippen molar-refractivity contribution in [2.75, 3.05) is 35.2 Å². The maximum Gasteiger partial charge on any atom is 0.323 e. The molecule has 0 atom stereocenters. The molecule has 1 fully saturated rings. The summed E-state index contributed by atoms with van der Waals surface area (Å²) in [5.41, 5.74) is 4.03. The van der Waals surface area contributed by atoms with Crippen LogP contribution in [0.1, 0.15) is 56.5 Å². The molecule has 1 saturated heterocycles. The minimum absolute atomic E-state index is 0.105. The van der Waals surface area contributed by atoms with E-state index in [1.165, 1.54) is 0 Å². The fourth-order valence-electron chi connectivity index (χ4n) is 3.88. The summed E-state index contributed by atoms with van der Waals surface area (Å²) in [7, 11) is 0. The Bertz CT molecular complexity index is 933. The molecule has 0 saturated carbocycles. The molecule has 0 spiro atoms. The topological polar surface area (TPSA) is 73.5 Å². The Kier molecular flexibility index (Phi) is 8.14. The first-order chi connectivity index (χ1) is 15.4. The Morgan fingerprint density at radius 2 is 1.72 bits per heavy atom. The van der Waals surface area contributed by atoms with E-state index in [4.69, 9.17) is 0 Å². The molecule has 1 heterocycles. The molecule has 0 unspecified atom stereocenters. The number of carbonyl (C=O) groups excluding carboxylic acids is 2. The first-order valence-corrected chi connectivity index (χ1v) is 11.7. The van der Waals surface area contributed by atoms with Gasteiger partial charge in [0.15, 0.2) is 0 Å². The van der Waals surface area contributed by atoms with Gasteiger partial charge in [-0.15, -0.1) is 0 Å². The van der Waals surface area contributed by atoms with E-state index < -0.39 is 0 Å². The van der Waals surface area contributed by atoms with E-state index in [0.717, 1.165) is 49.3 Å². The first-order valence-electron chi connectivity index (χ1n) is 11.7. The Morgan fingerprint density at radius 1 is 1.03 bits per heavy atom. The second kappa shape index (κ2) is 11.0. The lowest BCUT2D eigenvalue weighted by Gasteiger charge is -2.33. The molecule has 3 rings (SSSR count). The number of nitrogens with one attached hydrogen (secondary N) is 3. The molecule has 0 aromatic heterocycles. The largest absolute Gasteiger partial charge is 0.371 e. The van der Waals surface area contributed by atoms with Gasteiger partial charge in [-0.25, -0.2) is 4.79 Å². The molecule has 6 heteroatoms. The Labute approximate surface area is 191 Å². The highest BCUT2D eigenvalue weighted by Crippen LogP contribution is 2.29. The molecule has 172 valence electrons. The zero-order valence-electron chi connectivity index (χ0n) is 19.7. The quantitative estimate of drug-likeness (QED) is 0.535. The number of hydrogen-bond donors (Lipinski definition) is 3. The smallest absolute Gasteiger partial charge is 0.323 e. The summed E-state index contributed by atoms with van der Waals surface area (Å²) in [6.07, 6.45) is 3.14. The van der Waals surface area contributed by atoms with Crippen LogP contribution in [0.2, 0.25) is 0 Å². The molecule has 0 bridgehead atoms. The number of anilines is 3. The first kappa shape index (κ1) is 23.6. The van der Waals surface area contributed by atoms with Crippen LogP contribution in [-0.4, -0.2) is 31.6 Å². The molecule has 1 aliphatic heterocycles. The number of amides is 3. The molecule has 0 aliphatic carbocycles. The van der Waals surface area contributed by atoms with E-state index in [1.54, 1.807) is 6.07 Å². The van der Waals surface area contributed by atoms with Gasteiger partial charge in [0.1, 0.15) is 0 Å². The second-order valence-electron chi connectivity index (χ2n) is 9.14. The molecule has 1 aliphatic rings. The van der Waals surface area contributed by atoms with Gasteiger partial charge in [0.25, 0.3) is 5.91 Å². The second-order valence-corrected chi connectivity index (χ2v) is 9.14. The average molecular weight is 437 g/mol. The van der Waals surface area contributed by atoms with Gasteiger partial charge in [-0.3, -0.25) is 4.79 Å². The monoisotopic (exact) mass is 436 g/mol. The van der Waals surface area contributed by atoms with Crippen molar-refractivity contribution in [1.82, 2.24) is 5.32 Å². The predicted octanol–water partition coefficient (Wildman–Crippen LogP) is 5.52. The summed E-state index contributed by atoms with van der Waals surface area (Å²) < 4.78 is 0. The van der Waals surface area contributed by atoms with Crippen molar-refractivity contribution in [3.63, 3.8) is 0 Å². The molecular formula is C26H36N4O2. The molecular weight excluding hydrogens is 400 g/mol. The summed E-state index contributed by atoms with van der Waals surface area (Å²) in [5, 5.41) is 8.78. The Morgan fingerprint density at radius 3 is 2.38 bits per heavy atom. The van der Waals surface area contributed by atoms with Gasteiger partial charge in [0.05, 0.1) is 5.56 Å². The standard InChI is InChI=1S/C26H36N4O2/c1-5-20-7-6-8-21(15-20)28-26(32)29-22-9-10-24(30-13-11-19(4)12-14-30)23(16-22)25(31)27-17-18(2)3/h6-10,15-16,18-19H,5,11-14,17H2,1-4H3,(H,27,31)(H2,28,29,32). The van der Waals surface area contributed by atoms with E-state index in [2.05, 4.69) is 48.5 Å². The van der Waals surface area contributed by atoms with E-state index >= 15 is 0 Å². The lowest BCUT2D eigenvalue weighted by molar-refractivity contribution is 0.0949. The van der Waals surface area contributed by atoms with Crippen molar-refractivity contribution >= 4 is 29.0 Å². The summed E-state index contributed by atoms with van der Waals surface area (Å²) in [4.78, 5) is 27.9. The Hall–Kier alpha value is -3.02. The zero-order valence-corrected chi connectivity index (χ0v) is 19.7. The molecule has 3 N–H and O–H groups in total. The Balaban J connectivity index is 1.77. The summed E-state index contributed by atoms with van der Waals surface area (Å²) >= 11 is 0. The minimum atomic E-state index is -0.327. The normalized spacial score (nSPS) is 14.3. The fraction of sp³-hybridized carbons (Fsp3) is 0.462. The summed E-state index contributed by atoms with van der Waals surface area (Å²) in [6, 6.07) is 13.1. The number of benzene rings is 2. The van der Waals surface area contributed by atoms with Crippen LogP contribution in [-0.2, 0) is 6.42 Å². The van der Waals surface area contributed by atoms with Gasteiger partial charge >= 0.3 is 6.03 Å². The minimum Gasteiger partial charge on any atom is -0.371 e. The van der Waals surface area contributed by atoms with E-state index in [1.807, 2.05) is 36.4 Å². The molecule has 6 nitrogen and oxygen atoms in total. The maximum atomic E-state index is 13.0. The van der Waals surface area contributed by atoms with Crippen LogP contribution in [0.3, 0.4) is 0 Å². The SMILES string of the molecule is CCc1cccc(NC(=O)Nc2ccc(N3CCC(C)CC3)c(C(=O)NCC(C)C)c2)c1. The zero-order chi connectivity index (χ0) is 23.1. The highest BCUT2D eigenvalue weighted by atomic mass is 16.2. The van der Waals surface area contributed by atoms with E-state index in [9.17, 15) is 9.59 Å². The van der Waals surface area contributed by atoms with Gasteiger partial charge in [0, 0.05) is 36.7 Å². The van der Waals surface area contributed by atoms with Gasteiger partial charge in [-0.1, -0.05) is 39.8 Å². The lowest BCUT2D eigenvalue weighted by atomic mass is 9.97. The van der Waals surface area contributed by atoms with Crippen LogP contribution < -0.4 is 20.9 Å². The lowest BCUT2D eigenvalue weighted by Crippen LogP contribution is -2.35. The highest BCUT2D eigenvalue weighted by molar-refractivity contribution is 6.04. The number of aryl methyl sites for hydroxylation is 1. The van der Waals surface area contributed by atoms with Crippen molar-refractivity contribution in [2.24, 2.45) is 11.8 Å². The molecule has 2 aromatic carbocycles. The van der Waals surface area contributed by atoms with E-state index in [-0.39, 0.29) is 11.9 Å². The number of nitrogens with zero attached hydrogens (tertiary/aromatic N) is 1. The maximum absolute atomic E-state index is 13.0. The van der Waals surface area contributed by atoms with Crippen LogP contribution in [0.5, 0.6) is 0 Å². The van der Waals surface area contributed by atoms with Gasteiger partial charge in [0.2, 0.25) is 0 Å². The van der Waals surface area contributed by atoms with Crippen LogP contribution in [0.15, 0.2) is 42.5 Å². The highest BCUT2D eigenvalue weighted by Gasteiger charge is 2.22. The molecule has 0 radical (unpaired) electrons. The third kappa shape index (κ3) is 6.49. The van der Waals surface area contributed by atoms with Gasteiger partial charge in [-0.2, -0.15) is 0 Å². The van der Waals surface area contributed by atoms with Crippen LogP contribution in [0, 0.1) is 11.8 Å². The van der Waals surface area contributed by atoms with Crippen molar-refractivity contribution in [2.45, 2.75) is 47.0 Å². The van der Waals surface area contributed by atoms with E-state index in [0.29, 0.717) is 29.6 Å². The molecule has 3 amide bonds. The van der Waals surface area contributed by atoms with Crippen LogP contribution in [0.25, 0.3) is 0 Å². The number of urea groups is 1. The van der Waals surface area contributed by atoms with Gasteiger partial charge < -0.3 is 20.9 Å². The van der Waals surface area contributed by atoms with Crippen molar-refractivity contribution < 1.29 is 9.59 Å². The van der Waals surface area contributed by atoms with Crippen molar-refractivity contribution in [1.29, 1.82) is 0 Å².